The van der Waals surface area contributed by atoms with Crippen molar-refractivity contribution in [2.24, 2.45) is 0 Å². The molecule has 1 aromatic heterocycles. The summed E-state index contributed by atoms with van der Waals surface area (Å²) in [4.78, 5) is 0. The summed E-state index contributed by atoms with van der Waals surface area (Å²) in [7, 11) is -3.33. The van der Waals surface area contributed by atoms with E-state index in [1.807, 2.05) is 19.1 Å². The van der Waals surface area contributed by atoms with Gasteiger partial charge >= 0.3 is 0 Å². The standard InChI is InChI=1S/C15H20N4O2S/c1-4-12-8-6-7-11(3)15(12)16-13-9-10-14(18-17-13)19-22(20,21)5-2/h6-10H,4-5H2,1-3H3,(H,16,17)(H,18,19). The Morgan fingerprint density at radius 2 is 1.73 bits per heavy atom. The van der Waals surface area contributed by atoms with Crippen molar-refractivity contribution in [3.05, 3.63) is 41.5 Å². The number of nitrogens with zero attached hydrogens (tertiary/aromatic N) is 2. The predicted octanol–water partition coefficient (Wildman–Crippen LogP) is 2.85. The zero-order valence-corrected chi connectivity index (χ0v) is 13.7. The van der Waals surface area contributed by atoms with Crippen LogP contribution in [0.1, 0.15) is 25.0 Å². The quantitative estimate of drug-likeness (QED) is 0.855. The second-order valence-corrected chi connectivity index (χ2v) is 6.91. The van der Waals surface area contributed by atoms with Crippen molar-refractivity contribution < 1.29 is 8.42 Å². The third kappa shape index (κ3) is 3.94. The molecule has 1 aromatic carbocycles. The van der Waals surface area contributed by atoms with Gasteiger partial charge in [-0.3, -0.25) is 4.72 Å². The Labute approximate surface area is 131 Å². The SMILES string of the molecule is CCc1cccc(C)c1Nc1ccc(NS(=O)(=O)CC)nn1. The molecule has 2 N–H and O–H groups in total. The molecule has 0 saturated heterocycles. The van der Waals surface area contributed by atoms with E-state index in [4.69, 9.17) is 0 Å². The fourth-order valence-corrected chi connectivity index (χ4v) is 2.59. The van der Waals surface area contributed by atoms with Crippen LogP contribution in [0, 0.1) is 6.92 Å². The Morgan fingerprint density at radius 3 is 2.32 bits per heavy atom. The molecule has 0 atom stereocenters. The van der Waals surface area contributed by atoms with Crippen LogP contribution in [-0.2, 0) is 16.4 Å². The summed E-state index contributed by atoms with van der Waals surface area (Å²) >= 11 is 0. The number of anilines is 3. The summed E-state index contributed by atoms with van der Waals surface area (Å²) in [5, 5.41) is 11.2. The molecule has 0 unspecified atom stereocenters. The Balaban J connectivity index is 2.19. The van der Waals surface area contributed by atoms with E-state index in [1.165, 1.54) is 5.56 Å². The smallest absolute Gasteiger partial charge is 0.233 e. The van der Waals surface area contributed by atoms with Crippen LogP contribution >= 0.6 is 0 Å². The number of para-hydroxylation sites is 1. The van der Waals surface area contributed by atoms with Gasteiger partial charge in [0.2, 0.25) is 10.0 Å². The van der Waals surface area contributed by atoms with Gasteiger partial charge in [0.15, 0.2) is 11.6 Å². The van der Waals surface area contributed by atoms with Crippen molar-refractivity contribution in [2.45, 2.75) is 27.2 Å². The highest BCUT2D eigenvalue weighted by Gasteiger charge is 2.09. The Kier molecular flexibility index (Phi) is 4.97. The normalized spacial score (nSPS) is 11.2. The van der Waals surface area contributed by atoms with Gasteiger partial charge in [0.05, 0.1) is 5.75 Å². The molecule has 0 amide bonds. The first kappa shape index (κ1) is 16.2. The molecule has 0 radical (unpaired) electrons. The van der Waals surface area contributed by atoms with E-state index >= 15 is 0 Å². The van der Waals surface area contributed by atoms with E-state index in [0.29, 0.717) is 5.82 Å². The van der Waals surface area contributed by atoms with Crippen LogP contribution in [0.3, 0.4) is 0 Å². The fourth-order valence-electron chi connectivity index (χ4n) is 2.01. The number of hydrogen-bond donors (Lipinski definition) is 2. The predicted molar refractivity (Wildman–Crippen MR) is 89.0 cm³/mol. The van der Waals surface area contributed by atoms with Crippen LogP contribution in [-0.4, -0.2) is 24.4 Å². The Hall–Kier alpha value is -2.15. The van der Waals surface area contributed by atoms with Gasteiger partial charge in [-0.2, -0.15) is 0 Å². The van der Waals surface area contributed by atoms with Crippen LogP contribution in [0.15, 0.2) is 30.3 Å². The zero-order valence-electron chi connectivity index (χ0n) is 12.9. The summed E-state index contributed by atoms with van der Waals surface area (Å²) in [6, 6.07) is 9.40. The molecule has 0 saturated carbocycles. The first-order valence-electron chi connectivity index (χ1n) is 7.15. The summed E-state index contributed by atoms with van der Waals surface area (Å²) in [6.45, 7) is 5.68. The Morgan fingerprint density at radius 1 is 1.05 bits per heavy atom. The van der Waals surface area contributed by atoms with Gasteiger partial charge in [0.25, 0.3) is 0 Å². The molecule has 0 bridgehead atoms. The highest BCUT2D eigenvalue weighted by Crippen LogP contribution is 2.24. The van der Waals surface area contributed by atoms with Crippen molar-refractivity contribution in [3.63, 3.8) is 0 Å². The van der Waals surface area contributed by atoms with Crippen LogP contribution in [0.5, 0.6) is 0 Å². The average Bonchev–Trinajstić information content (AvgIpc) is 2.51. The maximum Gasteiger partial charge on any atom is 0.233 e. The average molecular weight is 320 g/mol. The van der Waals surface area contributed by atoms with Crippen LogP contribution < -0.4 is 10.0 Å². The molecule has 0 aliphatic heterocycles. The Bertz CT molecular complexity index is 743. The number of sulfonamides is 1. The van der Waals surface area contributed by atoms with Crippen molar-refractivity contribution in [1.29, 1.82) is 0 Å². The van der Waals surface area contributed by atoms with Crippen molar-refractivity contribution >= 4 is 27.3 Å². The first-order valence-corrected chi connectivity index (χ1v) is 8.80. The fraction of sp³-hybridized carbons (Fsp3) is 0.333. The van der Waals surface area contributed by atoms with Gasteiger partial charge < -0.3 is 5.32 Å². The molecule has 0 spiro atoms. The monoisotopic (exact) mass is 320 g/mol. The summed E-state index contributed by atoms with van der Waals surface area (Å²) < 4.78 is 25.3. The molecular formula is C15H20N4O2S. The first-order chi connectivity index (χ1) is 10.4. The number of rotatable bonds is 6. The maximum absolute atomic E-state index is 11.5. The van der Waals surface area contributed by atoms with E-state index in [2.05, 4.69) is 33.2 Å². The lowest BCUT2D eigenvalue weighted by molar-refractivity contribution is 0.602. The lowest BCUT2D eigenvalue weighted by Gasteiger charge is -2.13. The van der Waals surface area contributed by atoms with E-state index in [0.717, 1.165) is 17.7 Å². The van der Waals surface area contributed by atoms with Crippen molar-refractivity contribution in [3.8, 4) is 0 Å². The van der Waals surface area contributed by atoms with Gasteiger partial charge in [-0.05, 0) is 43.5 Å². The van der Waals surface area contributed by atoms with E-state index in [1.54, 1.807) is 19.1 Å². The second-order valence-electron chi connectivity index (χ2n) is 4.90. The molecular weight excluding hydrogens is 300 g/mol. The zero-order chi connectivity index (χ0) is 16.2. The minimum Gasteiger partial charge on any atom is -0.338 e. The van der Waals surface area contributed by atoms with Crippen LogP contribution in [0.25, 0.3) is 0 Å². The molecule has 22 heavy (non-hydrogen) atoms. The maximum atomic E-state index is 11.5. The number of nitrogens with one attached hydrogen (secondary N) is 2. The number of benzene rings is 1. The van der Waals surface area contributed by atoms with Gasteiger partial charge in [0.1, 0.15) is 0 Å². The van der Waals surface area contributed by atoms with Gasteiger partial charge in [-0.1, -0.05) is 25.1 Å². The molecule has 0 aliphatic rings. The lowest BCUT2D eigenvalue weighted by atomic mass is 10.1. The van der Waals surface area contributed by atoms with Gasteiger partial charge in [-0.25, -0.2) is 8.42 Å². The van der Waals surface area contributed by atoms with E-state index in [9.17, 15) is 8.42 Å². The molecule has 0 fully saturated rings. The highest BCUT2D eigenvalue weighted by molar-refractivity contribution is 7.92. The largest absolute Gasteiger partial charge is 0.338 e. The van der Waals surface area contributed by atoms with Gasteiger partial charge in [-0.15, -0.1) is 10.2 Å². The minimum atomic E-state index is -3.33. The molecule has 6 nitrogen and oxygen atoms in total. The van der Waals surface area contributed by atoms with E-state index in [-0.39, 0.29) is 11.6 Å². The van der Waals surface area contributed by atoms with Crippen molar-refractivity contribution in [1.82, 2.24) is 10.2 Å². The summed E-state index contributed by atoms with van der Waals surface area (Å²) in [5.41, 5.74) is 3.33. The van der Waals surface area contributed by atoms with E-state index < -0.39 is 10.0 Å². The molecule has 118 valence electrons. The summed E-state index contributed by atoms with van der Waals surface area (Å²) in [5.74, 6) is 0.786. The molecule has 2 rings (SSSR count). The minimum absolute atomic E-state index is 0.00223. The second kappa shape index (κ2) is 6.74. The van der Waals surface area contributed by atoms with Crippen LogP contribution in [0.2, 0.25) is 0 Å². The molecule has 2 aromatic rings. The third-order valence-corrected chi connectivity index (χ3v) is 4.58. The summed E-state index contributed by atoms with van der Waals surface area (Å²) in [6.07, 6.45) is 0.909. The van der Waals surface area contributed by atoms with Gasteiger partial charge in [0, 0.05) is 5.69 Å². The highest BCUT2D eigenvalue weighted by atomic mass is 32.2. The molecule has 0 aliphatic carbocycles. The number of hydrogen-bond acceptors (Lipinski definition) is 5. The lowest BCUT2D eigenvalue weighted by Crippen LogP contribution is -2.16. The molecule has 7 heteroatoms. The number of aryl methyl sites for hydroxylation is 2. The van der Waals surface area contributed by atoms with Crippen LogP contribution in [0.4, 0.5) is 17.3 Å². The number of aromatic nitrogens is 2. The topological polar surface area (TPSA) is 84.0 Å². The molecule has 1 heterocycles. The van der Waals surface area contributed by atoms with Crippen molar-refractivity contribution in [2.75, 3.05) is 15.8 Å². The third-order valence-electron chi connectivity index (χ3n) is 3.30.